The van der Waals surface area contributed by atoms with Crippen LogP contribution in [0.3, 0.4) is 0 Å². The van der Waals surface area contributed by atoms with Gasteiger partial charge in [-0.05, 0) is 103 Å². The number of benzene rings is 1. The highest BCUT2D eigenvalue weighted by molar-refractivity contribution is 7.82. The second-order valence-electron chi connectivity index (χ2n) is 9.52. The fourth-order valence-corrected chi connectivity index (χ4v) is 5.64. The van der Waals surface area contributed by atoms with Crippen LogP contribution in [0.1, 0.15) is 56.1 Å². The molecule has 0 aliphatic heterocycles. The number of methoxy groups -OCH3 is 1. The third kappa shape index (κ3) is 9.35. The van der Waals surface area contributed by atoms with Gasteiger partial charge in [0, 0.05) is 32.1 Å². The van der Waals surface area contributed by atoms with Crippen molar-refractivity contribution >= 4 is 16.9 Å². The molecule has 1 amide bonds. The molecule has 1 aliphatic carbocycles. The third-order valence-corrected chi connectivity index (χ3v) is 8.08. The highest BCUT2D eigenvalue weighted by atomic mass is 32.2. The number of nitrogens with zero attached hydrogens (tertiary/aromatic N) is 2. The number of nitrogens with one attached hydrogen (secondary N) is 2. The lowest BCUT2D eigenvalue weighted by Gasteiger charge is -2.30. The Kier molecular flexibility index (Phi) is 11.8. The Morgan fingerprint density at radius 2 is 1.64 bits per heavy atom. The lowest BCUT2D eigenvalue weighted by molar-refractivity contribution is -0.122. The van der Waals surface area contributed by atoms with E-state index in [0.717, 1.165) is 60.5 Å². The summed E-state index contributed by atoms with van der Waals surface area (Å²) in [4.78, 5) is 15.5. The topological polar surface area (TPSA) is 73.9 Å². The molecule has 2 rings (SSSR count). The van der Waals surface area contributed by atoms with Crippen molar-refractivity contribution < 1.29 is 13.7 Å². The van der Waals surface area contributed by atoms with Crippen LogP contribution in [0.2, 0.25) is 0 Å². The molecule has 1 saturated carbocycles. The van der Waals surface area contributed by atoms with Gasteiger partial charge in [-0.2, -0.15) is 0 Å². The minimum absolute atomic E-state index is 0.0436. The van der Waals surface area contributed by atoms with Crippen LogP contribution in [0, 0.1) is 13.8 Å². The largest absolute Gasteiger partial charge is 0.497 e. The first kappa shape index (κ1) is 27.8. The summed E-state index contributed by atoms with van der Waals surface area (Å²) in [5.74, 6) is 0.809. The maximum atomic E-state index is 13.0. The summed E-state index contributed by atoms with van der Waals surface area (Å²) in [7, 11) is 6.36. The van der Waals surface area contributed by atoms with E-state index in [1.807, 2.05) is 33.0 Å². The van der Waals surface area contributed by atoms with Crippen molar-refractivity contribution in [3.8, 4) is 5.75 Å². The Morgan fingerprint density at radius 1 is 1.03 bits per heavy atom. The number of aryl methyl sites for hydroxylation is 2. The average molecular weight is 481 g/mol. The van der Waals surface area contributed by atoms with Crippen molar-refractivity contribution in [2.45, 2.75) is 75.8 Å². The fourth-order valence-electron chi connectivity index (χ4n) is 4.40. The van der Waals surface area contributed by atoms with Gasteiger partial charge >= 0.3 is 0 Å². The molecule has 0 aromatic heterocycles. The van der Waals surface area contributed by atoms with Crippen LogP contribution in [0.15, 0.2) is 17.0 Å². The van der Waals surface area contributed by atoms with Gasteiger partial charge in [0.25, 0.3) is 0 Å². The molecule has 8 heteroatoms. The van der Waals surface area contributed by atoms with Crippen LogP contribution in [-0.4, -0.2) is 79.3 Å². The summed E-state index contributed by atoms with van der Waals surface area (Å²) in [5, 5.41) is 6.86. The van der Waals surface area contributed by atoms with E-state index in [2.05, 4.69) is 29.6 Å². The molecule has 0 heterocycles. The molecule has 2 N–H and O–H groups in total. The molecule has 0 saturated heterocycles. The van der Waals surface area contributed by atoms with Gasteiger partial charge in [-0.15, -0.1) is 0 Å². The van der Waals surface area contributed by atoms with Crippen molar-refractivity contribution in [1.29, 1.82) is 0 Å². The van der Waals surface area contributed by atoms with Crippen LogP contribution in [0.5, 0.6) is 5.75 Å². The summed E-state index contributed by atoms with van der Waals surface area (Å²) in [6.07, 6.45) is 7.04. The predicted octanol–water partition coefficient (Wildman–Crippen LogP) is 3.02. The average Bonchev–Trinajstić information content (AvgIpc) is 2.77. The molecule has 0 bridgehead atoms. The fraction of sp³-hybridized carbons (Fsp3) is 0.720. The summed E-state index contributed by atoms with van der Waals surface area (Å²) in [5.41, 5.74) is 1.87. The van der Waals surface area contributed by atoms with E-state index in [4.69, 9.17) is 4.74 Å². The second-order valence-corrected chi connectivity index (χ2v) is 11.1. The maximum Gasteiger partial charge on any atom is 0.221 e. The number of amides is 1. The monoisotopic (exact) mass is 480 g/mol. The summed E-state index contributed by atoms with van der Waals surface area (Å²) < 4.78 is 20.1. The molecule has 7 nitrogen and oxygen atoms in total. The van der Waals surface area contributed by atoms with Gasteiger partial charge in [0.15, 0.2) is 0 Å². The van der Waals surface area contributed by atoms with Crippen molar-refractivity contribution in [2.75, 3.05) is 47.9 Å². The zero-order valence-electron chi connectivity index (χ0n) is 21.4. The number of rotatable bonds is 13. The maximum absolute atomic E-state index is 13.0. The van der Waals surface area contributed by atoms with Crippen molar-refractivity contribution in [3.05, 3.63) is 23.3 Å². The molecule has 33 heavy (non-hydrogen) atoms. The molecule has 1 aromatic rings. The van der Waals surface area contributed by atoms with Crippen molar-refractivity contribution in [2.24, 2.45) is 0 Å². The lowest BCUT2D eigenvalue weighted by Crippen LogP contribution is -2.43. The summed E-state index contributed by atoms with van der Waals surface area (Å²) in [6.45, 7) is 6.55. The minimum Gasteiger partial charge on any atom is -0.497 e. The molecule has 188 valence electrons. The molecular formula is C25H44N4O3S. The van der Waals surface area contributed by atoms with Gasteiger partial charge < -0.3 is 20.3 Å². The number of carbonyl (C=O) groups excluding carboxylic acids is 1. The first-order valence-corrected chi connectivity index (χ1v) is 13.3. The molecule has 1 aromatic carbocycles. The van der Waals surface area contributed by atoms with Crippen LogP contribution in [0.4, 0.5) is 0 Å². The van der Waals surface area contributed by atoms with Crippen molar-refractivity contribution in [1.82, 2.24) is 19.8 Å². The number of hydrogen-bond acceptors (Lipinski definition) is 5. The summed E-state index contributed by atoms with van der Waals surface area (Å²) in [6, 6.07) is 4.62. The molecule has 0 spiro atoms. The van der Waals surface area contributed by atoms with Gasteiger partial charge in [-0.25, -0.2) is 8.51 Å². The molecular weight excluding hydrogens is 436 g/mol. The van der Waals surface area contributed by atoms with E-state index >= 15 is 0 Å². The van der Waals surface area contributed by atoms with E-state index in [-0.39, 0.29) is 11.9 Å². The van der Waals surface area contributed by atoms with Crippen LogP contribution >= 0.6 is 0 Å². The predicted molar refractivity (Wildman–Crippen MR) is 136 cm³/mol. The Bertz CT molecular complexity index is 756. The normalized spacial score (nSPS) is 19.6. The van der Waals surface area contributed by atoms with E-state index in [0.29, 0.717) is 19.0 Å². The van der Waals surface area contributed by atoms with Crippen LogP contribution in [-0.2, 0) is 15.8 Å². The Hall–Kier alpha value is -1.48. The van der Waals surface area contributed by atoms with Gasteiger partial charge in [0.2, 0.25) is 5.91 Å². The summed E-state index contributed by atoms with van der Waals surface area (Å²) >= 11 is 0. The number of unbranched alkanes of at least 4 members (excludes halogenated alkanes) is 1. The van der Waals surface area contributed by atoms with E-state index < -0.39 is 11.0 Å². The highest BCUT2D eigenvalue weighted by Gasteiger charge is 2.23. The standard InChI is InChI=1S/C25H44N4O3S/c1-19-17-23(32-6)18-20(2)25(19)33(31)29(5)16-13-24(30)27-22-11-9-21(10-12-22)26-14-7-8-15-28(3)4/h17-18,21-22,26H,7-16H2,1-6H3,(H,27,30). The van der Waals surface area contributed by atoms with Crippen LogP contribution in [0.25, 0.3) is 0 Å². The smallest absolute Gasteiger partial charge is 0.221 e. The number of ether oxygens (including phenoxy) is 1. The lowest BCUT2D eigenvalue weighted by atomic mass is 9.91. The Morgan fingerprint density at radius 3 is 2.21 bits per heavy atom. The number of hydrogen-bond donors (Lipinski definition) is 2. The first-order valence-electron chi connectivity index (χ1n) is 12.2. The highest BCUT2D eigenvalue weighted by Crippen LogP contribution is 2.25. The molecule has 0 radical (unpaired) electrons. The molecule has 1 fully saturated rings. The van der Waals surface area contributed by atoms with E-state index in [9.17, 15) is 9.00 Å². The zero-order valence-corrected chi connectivity index (χ0v) is 22.2. The Balaban J connectivity index is 1.69. The quantitative estimate of drug-likeness (QED) is 0.425. The Labute approximate surface area is 203 Å². The van der Waals surface area contributed by atoms with Crippen molar-refractivity contribution in [3.63, 3.8) is 0 Å². The molecule has 1 unspecified atom stereocenters. The SMILES string of the molecule is COc1cc(C)c(S(=O)N(C)CCC(=O)NC2CCC(NCCCCN(C)C)CC2)c(C)c1. The third-order valence-electron chi connectivity index (χ3n) is 6.34. The zero-order chi connectivity index (χ0) is 24.4. The minimum atomic E-state index is -1.31. The van der Waals surface area contributed by atoms with Gasteiger partial charge in [0.1, 0.15) is 16.7 Å². The number of carbonyl (C=O) groups is 1. The molecule has 1 aliphatic rings. The van der Waals surface area contributed by atoms with Gasteiger partial charge in [0.05, 0.1) is 12.0 Å². The van der Waals surface area contributed by atoms with Gasteiger partial charge in [-0.3, -0.25) is 4.79 Å². The van der Waals surface area contributed by atoms with E-state index in [1.165, 1.54) is 12.8 Å². The van der Waals surface area contributed by atoms with Gasteiger partial charge in [-0.1, -0.05) is 0 Å². The molecule has 1 atom stereocenters. The first-order chi connectivity index (χ1) is 15.7. The second kappa shape index (κ2) is 14.0. The van der Waals surface area contributed by atoms with Crippen LogP contribution < -0.4 is 15.4 Å². The van der Waals surface area contributed by atoms with E-state index in [1.54, 1.807) is 11.4 Å².